The lowest BCUT2D eigenvalue weighted by Crippen LogP contribution is -2.22. The van der Waals surface area contributed by atoms with E-state index < -0.39 is 0 Å². The molecule has 6 rings (SSSR count). The van der Waals surface area contributed by atoms with Gasteiger partial charge in [0.25, 0.3) is 0 Å². The second-order valence-electron chi connectivity index (χ2n) is 9.40. The number of pyridine rings is 2. The average molecular weight is 549 g/mol. The molecule has 0 aliphatic carbocycles. The normalized spacial score (nSPS) is 17.7. The smallest absolute Gasteiger partial charge is 0.193 e. The molecule has 1 saturated heterocycles. The summed E-state index contributed by atoms with van der Waals surface area (Å²) in [7, 11) is 2.17. The number of nitrogens with zero attached hydrogens (tertiary/aromatic N) is 3. The van der Waals surface area contributed by atoms with Crippen molar-refractivity contribution in [2.75, 3.05) is 20.1 Å². The van der Waals surface area contributed by atoms with Crippen molar-refractivity contribution in [1.82, 2.24) is 14.5 Å². The number of hydrogen-bond donors (Lipinski definition) is 0. The first-order valence-electron chi connectivity index (χ1n) is 12.0. The van der Waals surface area contributed by atoms with Gasteiger partial charge in [-0.1, -0.05) is 33.8 Å². The Hall–Kier alpha value is -2.61. The van der Waals surface area contributed by atoms with Crippen LogP contribution in [0.4, 0.5) is 0 Å². The molecule has 4 aromatic rings. The molecule has 1 unspecified atom stereocenters. The predicted molar refractivity (Wildman–Crippen MR) is 144 cm³/mol. The molecule has 35 heavy (non-hydrogen) atoms. The van der Waals surface area contributed by atoms with Gasteiger partial charge in [0.1, 0.15) is 5.75 Å². The topological polar surface area (TPSA) is 47.4 Å². The molecule has 4 heterocycles. The van der Waals surface area contributed by atoms with Crippen LogP contribution in [-0.4, -0.2) is 40.7 Å². The zero-order valence-corrected chi connectivity index (χ0v) is 21.9. The molecule has 0 radical (unpaired) electrons. The Bertz CT molecular complexity index is 1470. The molecule has 2 aliphatic rings. The maximum atomic E-state index is 13.8. The van der Waals surface area contributed by atoms with E-state index in [1.54, 1.807) is 18.0 Å². The number of halogens is 1. The first-order chi connectivity index (χ1) is 17.0. The van der Waals surface area contributed by atoms with Crippen molar-refractivity contribution >= 4 is 38.6 Å². The number of hydrogen-bond acceptors (Lipinski definition) is 5. The average Bonchev–Trinajstić information content (AvgIpc) is 3.06. The zero-order chi connectivity index (χ0) is 23.9. The third kappa shape index (κ3) is 4.53. The van der Waals surface area contributed by atoms with Gasteiger partial charge in [-0.3, -0.25) is 9.78 Å². The van der Waals surface area contributed by atoms with Crippen LogP contribution >= 0.6 is 27.7 Å². The quantitative estimate of drug-likeness (QED) is 0.273. The number of rotatable bonds is 4. The van der Waals surface area contributed by atoms with E-state index in [9.17, 15) is 4.79 Å². The molecule has 7 heteroatoms. The fraction of sp³-hybridized carbons (Fsp3) is 0.286. The summed E-state index contributed by atoms with van der Waals surface area (Å²) < 4.78 is 9.71. The van der Waals surface area contributed by atoms with Crippen molar-refractivity contribution in [2.45, 2.75) is 41.6 Å². The van der Waals surface area contributed by atoms with Crippen molar-refractivity contribution in [1.29, 1.82) is 0 Å². The zero-order valence-electron chi connectivity index (χ0n) is 19.5. The molecule has 0 amide bonds. The molecule has 5 nitrogen and oxygen atoms in total. The molecule has 1 fully saturated rings. The maximum absolute atomic E-state index is 13.8. The van der Waals surface area contributed by atoms with Gasteiger partial charge in [-0.25, -0.2) is 0 Å². The fourth-order valence-corrected chi connectivity index (χ4v) is 6.51. The first-order valence-corrected chi connectivity index (χ1v) is 13.6. The lowest BCUT2D eigenvalue weighted by Gasteiger charge is -2.25. The van der Waals surface area contributed by atoms with Crippen LogP contribution < -0.4 is 10.2 Å². The highest BCUT2D eigenvalue weighted by Crippen LogP contribution is 2.44. The van der Waals surface area contributed by atoms with E-state index in [0.29, 0.717) is 11.8 Å². The predicted octanol–water partition coefficient (Wildman–Crippen LogP) is 6.07. The fourth-order valence-electron chi connectivity index (χ4n) is 5.04. The van der Waals surface area contributed by atoms with Crippen molar-refractivity contribution in [2.24, 2.45) is 0 Å². The second-order valence-corrected chi connectivity index (χ2v) is 11.4. The molecule has 0 spiro atoms. The summed E-state index contributed by atoms with van der Waals surface area (Å²) in [6, 6.07) is 14.3. The summed E-state index contributed by atoms with van der Waals surface area (Å²) in [5, 5.41) is 0.711. The van der Waals surface area contributed by atoms with E-state index in [2.05, 4.69) is 61.7 Å². The van der Waals surface area contributed by atoms with E-state index in [0.717, 1.165) is 74.7 Å². The van der Waals surface area contributed by atoms with Gasteiger partial charge >= 0.3 is 0 Å². The van der Waals surface area contributed by atoms with Crippen LogP contribution in [0.5, 0.6) is 5.75 Å². The summed E-state index contributed by atoms with van der Waals surface area (Å²) in [6.45, 7) is 2.14. The van der Waals surface area contributed by atoms with Gasteiger partial charge < -0.3 is 14.2 Å². The largest absolute Gasteiger partial charge is 0.490 e. The highest BCUT2D eigenvalue weighted by molar-refractivity contribution is 9.10. The van der Waals surface area contributed by atoms with E-state index in [4.69, 9.17) is 4.74 Å². The van der Waals surface area contributed by atoms with Crippen LogP contribution in [0.3, 0.4) is 0 Å². The molecule has 2 aromatic heterocycles. The van der Waals surface area contributed by atoms with Gasteiger partial charge in [0, 0.05) is 51.4 Å². The SMILES string of the molecule is CN1CCCC(Oc2cc3c4c(c2)c(=O)c(Cc2cccnc2)cn4-c2cc(Br)ccc2S3)CC1. The first kappa shape index (κ1) is 22.8. The molecular weight excluding hydrogens is 522 g/mol. The number of likely N-dealkylation sites (tertiary alicyclic amines) is 1. The number of ether oxygens (including phenoxy) is 1. The van der Waals surface area contributed by atoms with E-state index >= 15 is 0 Å². The Morgan fingerprint density at radius 1 is 1.14 bits per heavy atom. The molecule has 0 bridgehead atoms. The molecule has 1 atom stereocenters. The standard InChI is InChI=1S/C28H26BrN3O2S/c1-31-10-3-5-21(8-11-31)34-22-14-23-27-26(15-22)35-25-7-6-20(29)13-24(25)32(27)17-19(28(23)33)12-18-4-2-9-30-16-18/h2,4,6-7,9,13-17,21H,3,5,8,10-12H2,1H3. The lowest BCUT2D eigenvalue weighted by atomic mass is 10.0. The van der Waals surface area contributed by atoms with Crippen LogP contribution in [0.2, 0.25) is 0 Å². The molecule has 2 aromatic carbocycles. The van der Waals surface area contributed by atoms with Gasteiger partial charge in [-0.2, -0.15) is 0 Å². The highest BCUT2D eigenvalue weighted by atomic mass is 79.9. The summed E-state index contributed by atoms with van der Waals surface area (Å²) >= 11 is 5.33. The van der Waals surface area contributed by atoms with Gasteiger partial charge in [0.2, 0.25) is 0 Å². The number of benzene rings is 2. The van der Waals surface area contributed by atoms with Crippen LogP contribution in [0, 0.1) is 0 Å². The van der Waals surface area contributed by atoms with Crippen molar-refractivity contribution in [3.63, 3.8) is 0 Å². The number of fused-ring (bicyclic) bond motifs is 2. The number of aromatic nitrogens is 2. The van der Waals surface area contributed by atoms with E-state index in [-0.39, 0.29) is 11.5 Å². The Morgan fingerprint density at radius 3 is 2.91 bits per heavy atom. The van der Waals surface area contributed by atoms with E-state index in [1.807, 2.05) is 30.6 Å². The molecular formula is C28H26BrN3O2S. The Balaban J connectivity index is 1.50. The van der Waals surface area contributed by atoms with E-state index in [1.165, 1.54) is 0 Å². The summed E-state index contributed by atoms with van der Waals surface area (Å²) in [4.78, 5) is 22.6. The molecule has 0 saturated carbocycles. The lowest BCUT2D eigenvalue weighted by molar-refractivity contribution is 0.183. The summed E-state index contributed by atoms with van der Waals surface area (Å²) in [5.74, 6) is 0.789. The van der Waals surface area contributed by atoms with Gasteiger partial charge in [-0.15, -0.1) is 0 Å². The minimum absolute atomic E-state index is 0.0615. The monoisotopic (exact) mass is 547 g/mol. The molecule has 178 valence electrons. The van der Waals surface area contributed by atoms with Crippen LogP contribution in [0.1, 0.15) is 30.4 Å². The van der Waals surface area contributed by atoms with Crippen LogP contribution in [-0.2, 0) is 6.42 Å². The molecule has 2 aliphatic heterocycles. The van der Waals surface area contributed by atoms with Crippen LogP contribution in [0.25, 0.3) is 16.6 Å². The van der Waals surface area contributed by atoms with Crippen molar-refractivity contribution in [3.8, 4) is 11.4 Å². The highest BCUT2D eigenvalue weighted by Gasteiger charge is 2.24. The molecule has 0 N–H and O–H groups in total. The Kier molecular flexibility index (Phi) is 6.16. The Labute approximate surface area is 217 Å². The third-order valence-electron chi connectivity index (χ3n) is 6.83. The van der Waals surface area contributed by atoms with Gasteiger partial charge in [0.05, 0.1) is 22.7 Å². The minimum Gasteiger partial charge on any atom is -0.490 e. The van der Waals surface area contributed by atoms with Crippen molar-refractivity contribution in [3.05, 3.63) is 86.9 Å². The summed E-state index contributed by atoms with van der Waals surface area (Å²) in [6.07, 6.45) is 9.46. The second kappa shape index (κ2) is 9.45. The third-order valence-corrected chi connectivity index (χ3v) is 8.42. The Morgan fingerprint density at radius 2 is 2.06 bits per heavy atom. The van der Waals surface area contributed by atoms with Gasteiger partial charge in [-0.05, 0) is 74.8 Å². The van der Waals surface area contributed by atoms with Gasteiger partial charge in [0.15, 0.2) is 5.43 Å². The minimum atomic E-state index is 0.0615. The summed E-state index contributed by atoms with van der Waals surface area (Å²) in [5.41, 5.74) is 3.86. The van der Waals surface area contributed by atoms with Crippen molar-refractivity contribution < 1.29 is 4.74 Å². The maximum Gasteiger partial charge on any atom is 0.193 e. The van der Waals surface area contributed by atoms with Crippen LogP contribution in [0.15, 0.2) is 80.1 Å².